The number of halogens is 3. The number of pyridine rings is 2. The number of allylic oxidation sites excluding steroid dienone is 2. The van der Waals surface area contributed by atoms with Gasteiger partial charge in [0.15, 0.2) is 0 Å². The summed E-state index contributed by atoms with van der Waals surface area (Å²) in [6.45, 7) is 17.5. The minimum Gasteiger partial charge on any atom is -0.381 e. The van der Waals surface area contributed by atoms with Gasteiger partial charge in [-0.25, -0.2) is 19.6 Å². The molecular formula is C78H85Cl3N16O4. The number of nitrogens with zero attached hydrogens (tertiary/aromatic N) is 15. The number of fused-ring (bicyclic) bond motifs is 4. The number of rotatable bonds is 13. The summed E-state index contributed by atoms with van der Waals surface area (Å²) in [6, 6.07) is 39.2. The molecule has 4 aromatic heterocycles. The zero-order valence-corrected chi connectivity index (χ0v) is 59.8. The highest BCUT2D eigenvalue weighted by Crippen LogP contribution is 2.44. The van der Waals surface area contributed by atoms with Crippen molar-refractivity contribution in [2.75, 3.05) is 101 Å². The number of likely N-dealkylation sites (tertiary alicyclic amines) is 1. The highest BCUT2D eigenvalue weighted by atomic mass is 35.5. The number of anilines is 2. The number of aryl methyl sites for hydroxylation is 2. The summed E-state index contributed by atoms with van der Waals surface area (Å²) in [5, 5.41) is 33.8. The molecule has 8 aromatic rings. The quantitative estimate of drug-likeness (QED) is 0.110. The Morgan fingerprint density at radius 2 is 0.970 bits per heavy atom. The van der Waals surface area contributed by atoms with Crippen LogP contribution in [0.5, 0.6) is 0 Å². The summed E-state index contributed by atoms with van der Waals surface area (Å²) in [4.78, 5) is 74.4. The fourth-order valence-electron chi connectivity index (χ4n) is 15.0. The van der Waals surface area contributed by atoms with Crippen LogP contribution in [0.15, 0.2) is 146 Å². The van der Waals surface area contributed by atoms with Crippen LogP contribution in [-0.2, 0) is 17.9 Å². The number of hydrogen-bond donors (Lipinski definition) is 2. The number of urea groups is 2. The predicted molar refractivity (Wildman–Crippen MR) is 397 cm³/mol. The molecule has 101 heavy (non-hydrogen) atoms. The Bertz CT molecular complexity index is 4430. The van der Waals surface area contributed by atoms with Crippen molar-refractivity contribution in [3.05, 3.63) is 224 Å². The van der Waals surface area contributed by atoms with E-state index in [1.165, 1.54) is 19.4 Å². The van der Waals surface area contributed by atoms with Gasteiger partial charge < -0.3 is 34.3 Å². The average Bonchev–Trinajstić information content (AvgIpc) is 1.64. The van der Waals surface area contributed by atoms with E-state index in [1.807, 2.05) is 125 Å². The van der Waals surface area contributed by atoms with Crippen molar-refractivity contribution < 1.29 is 19.5 Å². The number of imidazole rings is 2. The molecule has 2 aliphatic carbocycles. The predicted octanol–water partition coefficient (Wildman–Crippen LogP) is 12.4. The van der Waals surface area contributed by atoms with Crippen LogP contribution in [0.3, 0.4) is 0 Å². The number of piperidine rings is 2. The number of carbonyl (C=O) groups is 3. The van der Waals surface area contributed by atoms with E-state index in [0.717, 1.165) is 112 Å². The zero-order chi connectivity index (χ0) is 69.6. The molecular weight excluding hydrogens is 1330 g/mol. The molecule has 0 bridgehead atoms. The summed E-state index contributed by atoms with van der Waals surface area (Å²) in [6.07, 6.45) is 19.4. The summed E-state index contributed by atoms with van der Waals surface area (Å²) in [7, 11) is 0. The molecule has 4 saturated heterocycles. The number of piperazine rings is 2. The normalized spacial score (nSPS) is 18.0. The smallest absolute Gasteiger partial charge is 0.324 e. The summed E-state index contributed by atoms with van der Waals surface area (Å²) >= 11 is 13.3. The van der Waals surface area contributed by atoms with E-state index in [0.29, 0.717) is 119 Å². The Balaban J connectivity index is 0.000000190. The molecule has 4 aliphatic heterocycles. The number of amides is 5. The number of nitriles is 2. The Morgan fingerprint density at radius 1 is 0.554 bits per heavy atom. The van der Waals surface area contributed by atoms with E-state index < -0.39 is 5.60 Å². The third-order valence-electron chi connectivity index (χ3n) is 20.5. The van der Waals surface area contributed by atoms with Gasteiger partial charge in [-0.3, -0.25) is 34.4 Å². The number of hydrogen-bond acceptors (Lipinski definition) is 13. The Labute approximate surface area is 607 Å². The minimum absolute atomic E-state index is 0. The van der Waals surface area contributed by atoms with E-state index in [-0.39, 0.29) is 48.4 Å². The summed E-state index contributed by atoms with van der Waals surface area (Å²) in [5.74, 6) is 2.22. The van der Waals surface area contributed by atoms with Gasteiger partial charge in [-0.05, 0) is 220 Å². The van der Waals surface area contributed by atoms with Gasteiger partial charge in [0.1, 0.15) is 17.2 Å². The van der Waals surface area contributed by atoms with Crippen molar-refractivity contribution in [2.45, 2.75) is 84.2 Å². The lowest BCUT2D eigenvalue weighted by Crippen LogP contribution is -2.55. The monoisotopic (exact) mass is 1410 g/mol. The van der Waals surface area contributed by atoms with Crippen LogP contribution in [0.1, 0.15) is 119 Å². The van der Waals surface area contributed by atoms with Crippen LogP contribution in [-0.4, -0.2) is 174 Å². The van der Waals surface area contributed by atoms with E-state index >= 15 is 0 Å². The molecule has 2 atom stereocenters. The van der Waals surface area contributed by atoms with Gasteiger partial charge in [-0.15, -0.1) is 12.4 Å². The number of benzene rings is 4. The van der Waals surface area contributed by atoms with Crippen LogP contribution in [0.4, 0.5) is 21.0 Å². The topological polar surface area (TPSA) is 215 Å². The molecule has 4 fully saturated rings. The van der Waals surface area contributed by atoms with Crippen molar-refractivity contribution in [3.63, 3.8) is 0 Å². The first-order chi connectivity index (χ1) is 48.5. The number of aliphatic hydroxyl groups is 1. The first-order valence-corrected chi connectivity index (χ1v) is 35.4. The highest BCUT2D eigenvalue weighted by molar-refractivity contribution is 6.31. The molecule has 522 valence electrons. The molecule has 0 saturated carbocycles. The molecule has 2 unspecified atom stereocenters. The van der Waals surface area contributed by atoms with E-state index in [4.69, 9.17) is 33.2 Å². The Kier molecular flexibility index (Phi) is 22.5. The van der Waals surface area contributed by atoms with Gasteiger partial charge in [0.05, 0.1) is 46.7 Å². The third kappa shape index (κ3) is 16.1. The van der Waals surface area contributed by atoms with Gasteiger partial charge in [0, 0.05) is 150 Å². The van der Waals surface area contributed by atoms with E-state index in [2.05, 4.69) is 88.8 Å². The molecule has 14 rings (SSSR count). The van der Waals surface area contributed by atoms with Crippen LogP contribution in [0.2, 0.25) is 10.0 Å². The second-order valence-corrected chi connectivity index (χ2v) is 28.3. The molecule has 0 spiro atoms. The fraction of sp³-hybridized carbons (Fsp3) is 0.372. The Morgan fingerprint density at radius 3 is 1.36 bits per heavy atom. The van der Waals surface area contributed by atoms with Gasteiger partial charge >= 0.3 is 12.1 Å². The maximum absolute atomic E-state index is 14.5. The van der Waals surface area contributed by atoms with Gasteiger partial charge in [-0.2, -0.15) is 10.5 Å². The van der Waals surface area contributed by atoms with Crippen molar-refractivity contribution in [3.8, 4) is 12.1 Å². The zero-order valence-electron chi connectivity index (χ0n) is 57.5. The average molecular weight is 1420 g/mol. The maximum atomic E-state index is 14.5. The molecule has 20 nitrogen and oxygen atoms in total. The van der Waals surface area contributed by atoms with Crippen molar-refractivity contribution in [1.82, 2.24) is 58.9 Å². The van der Waals surface area contributed by atoms with E-state index in [1.54, 1.807) is 29.2 Å². The lowest BCUT2D eigenvalue weighted by molar-refractivity contribution is -0.149. The second-order valence-electron chi connectivity index (χ2n) is 27.4. The van der Waals surface area contributed by atoms with Crippen molar-refractivity contribution in [1.29, 1.82) is 10.5 Å². The first-order valence-electron chi connectivity index (χ1n) is 34.7. The fourth-order valence-corrected chi connectivity index (χ4v) is 15.3. The summed E-state index contributed by atoms with van der Waals surface area (Å²) in [5.41, 5.74) is 12.2. The molecule has 4 aromatic carbocycles. The number of carbonyl (C=O) groups excluding carboxylic acids is 3. The van der Waals surface area contributed by atoms with Gasteiger partial charge in [0.25, 0.3) is 5.91 Å². The first kappa shape index (κ1) is 71.6. The van der Waals surface area contributed by atoms with E-state index in [9.17, 15) is 30.0 Å². The molecule has 5 amide bonds. The lowest BCUT2D eigenvalue weighted by Gasteiger charge is -2.42. The van der Waals surface area contributed by atoms with Crippen LogP contribution in [0, 0.1) is 48.3 Å². The molecule has 8 heterocycles. The largest absolute Gasteiger partial charge is 0.381 e. The molecule has 6 aliphatic rings. The summed E-state index contributed by atoms with van der Waals surface area (Å²) < 4.78 is 4.29. The maximum Gasteiger partial charge on any atom is 0.324 e. The third-order valence-corrected chi connectivity index (χ3v) is 21.0. The second kappa shape index (κ2) is 31.8. The van der Waals surface area contributed by atoms with Gasteiger partial charge in [0.2, 0.25) is 0 Å². The standard InChI is InChI=1S/C41H45ClN8O3.C37H39ClN8O.ClH/c1-28-44-15-18-49(28)27-32-23-31-5-4-14-45-37(31)38(35-11-8-33(42)24-36(32)35)46-19-21-48(22-20-46)40(52)50(34-9-6-29(25-43)7-10-34)26-30-12-16-47(17-13-30)39(51)41(2,3)53;1-26-41-15-16-45(26)25-30-21-29-3-2-12-42-35(29)36(33-9-6-31(38)22-34(30)33)43-17-19-44(20-18-43)37(47)46(24-28-10-13-40-14-11-28)32-7-4-27(23-39)5-8-32;/h4-11,14-15,18,23-24,30,38,53H,12-13,16-17,19-22,26-27H2,1-3H3;2-9,12,15-16,21-22,28,36,40H,10-11,13-14,17-20,24-25H2,1H3;1H. The van der Waals surface area contributed by atoms with Crippen LogP contribution in [0.25, 0.3) is 23.3 Å². The SMILES string of the molecule is Cc1nccn1CC1=Cc2cccnc2C(N2CCN(C(=O)N(CC3CCN(C(=O)C(C)(C)O)CC3)c3ccc(C#N)cc3)CC2)c2ccc(Cl)cc21.Cc1nccn1CC1=Cc2cccnc2C(N2CCN(C(=O)N(CC3CCNCC3)c3ccc(C#N)cc3)CC2)c2ccc(Cl)cc21.Cl. The van der Waals surface area contributed by atoms with Crippen molar-refractivity contribution in [2.24, 2.45) is 11.8 Å². The van der Waals surface area contributed by atoms with Crippen molar-refractivity contribution >= 4 is 88.3 Å². The van der Waals surface area contributed by atoms with Crippen LogP contribution < -0.4 is 15.1 Å². The van der Waals surface area contributed by atoms with Gasteiger partial charge in [-0.1, -0.05) is 47.5 Å². The molecule has 23 heteroatoms. The molecule has 2 N–H and O–H groups in total. The number of nitrogens with one attached hydrogen (secondary N) is 1. The lowest BCUT2D eigenvalue weighted by atomic mass is 9.93. The minimum atomic E-state index is -1.41. The number of aromatic nitrogens is 6. The molecule has 0 radical (unpaired) electrons. The van der Waals surface area contributed by atoms with Crippen LogP contribution >= 0.6 is 35.6 Å². The Hall–Kier alpha value is -9.22. The highest BCUT2D eigenvalue weighted by Gasteiger charge is 2.39.